The van der Waals surface area contributed by atoms with Crippen molar-refractivity contribution in [1.29, 1.82) is 0 Å². The summed E-state index contributed by atoms with van der Waals surface area (Å²) >= 11 is 12.2. The Kier molecular flexibility index (Phi) is 12.5. The number of fused-ring (bicyclic) bond motifs is 2. The molecule has 2 aliphatic heterocycles. The lowest BCUT2D eigenvalue weighted by atomic mass is 9.92. The van der Waals surface area contributed by atoms with Crippen LogP contribution in [0.3, 0.4) is 0 Å². The minimum absolute atomic E-state index is 0.0107. The molecule has 3 aliphatic rings. The van der Waals surface area contributed by atoms with E-state index in [1.165, 1.54) is 4.90 Å². The first-order valence-corrected chi connectivity index (χ1v) is 21.1. The van der Waals surface area contributed by atoms with Gasteiger partial charge in [-0.15, -0.1) is 0 Å². The second kappa shape index (κ2) is 18.3. The van der Waals surface area contributed by atoms with Crippen LogP contribution in [0.15, 0.2) is 91.1 Å². The molecule has 1 aromatic heterocycles. The first-order valence-electron chi connectivity index (χ1n) is 20.4. The van der Waals surface area contributed by atoms with Gasteiger partial charge in [-0.2, -0.15) is 0 Å². The number of ether oxygens (including phenoxy) is 4. The Balaban J connectivity index is 0.951. The predicted molar refractivity (Wildman–Crippen MR) is 230 cm³/mol. The van der Waals surface area contributed by atoms with Gasteiger partial charge in [-0.3, -0.25) is 9.78 Å². The monoisotopic (exact) mass is 864 g/mol. The SMILES string of the molecule is Cc1nccc(Oc2ccc(CC(NC(=O)[C@@H]3Cc4cc5c(cc4CN3C(=O)NC3CCCC3)O[C@@H](c3ccc(OCc4ccc(Cl)c(Cl)c4)cc3)CO5)C(=O)O)cc2)c1C. The maximum atomic E-state index is 14.1. The molecule has 4 aromatic carbocycles. The van der Waals surface area contributed by atoms with Crippen molar-refractivity contribution in [2.45, 2.75) is 89.8 Å². The van der Waals surface area contributed by atoms with Crippen LogP contribution >= 0.6 is 23.2 Å². The fraction of sp³-hybridized carbons (Fsp3) is 0.319. The lowest BCUT2D eigenvalue weighted by molar-refractivity contribution is -0.142. The zero-order valence-electron chi connectivity index (χ0n) is 33.8. The van der Waals surface area contributed by atoms with E-state index in [1.54, 1.807) is 48.7 Å². The number of benzene rings is 4. The normalized spacial score (nSPS) is 17.5. The molecule has 61 heavy (non-hydrogen) atoms. The number of aromatic nitrogens is 1. The summed E-state index contributed by atoms with van der Waals surface area (Å²) in [5.74, 6) is 1.27. The molecule has 8 rings (SSSR count). The van der Waals surface area contributed by atoms with Crippen molar-refractivity contribution >= 4 is 41.1 Å². The maximum absolute atomic E-state index is 14.1. The van der Waals surface area contributed by atoms with Crippen molar-refractivity contribution in [3.63, 3.8) is 0 Å². The molecule has 316 valence electrons. The van der Waals surface area contributed by atoms with Crippen molar-refractivity contribution in [2.24, 2.45) is 0 Å². The molecule has 1 aliphatic carbocycles. The van der Waals surface area contributed by atoms with Crippen LogP contribution < -0.4 is 29.6 Å². The standard InChI is InChI=1S/C47H46Cl2N4O8/c1-27-28(2)50-18-17-41(27)60-36-12-7-29(8-13-36)20-39(46(55)56)52-45(54)40-21-32-22-42-43(23-33(32)24-53(40)47(57)51-34-5-3-4-6-34)61-44(26-59-42)31-10-14-35(15-11-31)58-25-30-9-16-37(48)38(49)19-30/h7-19,22-23,34,39-40,44H,3-6,20-21,24-26H2,1-2H3,(H,51,57)(H,52,54)(H,55,56)/t39?,40-,44+/m0/s1. The van der Waals surface area contributed by atoms with Gasteiger partial charge in [0.1, 0.15) is 42.5 Å². The van der Waals surface area contributed by atoms with Crippen molar-refractivity contribution in [3.05, 3.63) is 140 Å². The van der Waals surface area contributed by atoms with Crippen molar-refractivity contribution in [1.82, 2.24) is 20.5 Å². The molecule has 0 bridgehead atoms. The first kappa shape index (κ1) is 41.7. The van der Waals surface area contributed by atoms with Crippen LogP contribution in [0.1, 0.15) is 70.9 Å². The molecule has 3 atom stereocenters. The molecule has 14 heteroatoms. The minimum Gasteiger partial charge on any atom is -0.489 e. The molecule has 3 heterocycles. The number of nitrogens with one attached hydrogen (secondary N) is 2. The third-order valence-corrected chi connectivity index (χ3v) is 12.3. The van der Waals surface area contributed by atoms with Crippen LogP contribution in [0.25, 0.3) is 0 Å². The molecular weight excluding hydrogens is 819 g/mol. The number of aliphatic carboxylic acids is 1. The van der Waals surface area contributed by atoms with E-state index in [1.807, 2.05) is 56.3 Å². The maximum Gasteiger partial charge on any atom is 0.326 e. The molecule has 3 amide bonds. The molecular formula is C47H46Cl2N4O8. The highest BCUT2D eigenvalue weighted by molar-refractivity contribution is 6.42. The molecule has 0 saturated heterocycles. The molecule has 0 radical (unpaired) electrons. The highest BCUT2D eigenvalue weighted by Gasteiger charge is 2.38. The first-order chi connectivity index (χ1) is 29.5. The van der Waals surface area contributed by atoms with Gasteiger partial charge in [0.05, 0.1) is 10.0 Å². The van der Waals surface area contributed by atoms with Gasteiger partial charge in [-0.25, -0.2) is 9.59 Å². The van der Waals surface area contributed by atoms with Gasteiger partial charge >= 0.3 is 12.0 Å². The van der Waals surface area contributed by atoms with E-state index >= 15 is 0 Å². The van der Waals surface area contributed by atoms with E-state index < -0.39 is 30.1 Å². The lowest BCUT2D eigenvalue weighted by Gasteiger charge is -2.38. The lowest BCUT2D eigenvalue weighted by Crippen LogP contribution is -2.58. The number of aryl methyl sites for hydroxylation is 1. The predicted octanol–water partition coefficient (Wildman–Crippen LogP) is 9.08. The summed E-state index contributed by atoms with van der Waals surface area (Å²) in [6.07, 6.45) is 5.25. The fourth-order valence-corrected chi connectivity index (χ4v) is 8.24. The fourth-order valence-electron chi connectivity index (χ4n) is 7.92. The Morgan fingerprint density at radius 2 is 1.61 bits per heavy atom. The average Bonchev–Trinajstić information content (AvgIpc) is 3.78. The number of urea groups is 1. The summed E-state index contributed by atoms with van der Waals surface area (Å²) in [5, 5.41) is 17.1. The topological polar surface area (TPSA) is 149 Å². The Morgan fingerprint density at radius 3 is 2.34 bits per heavy atom. The Labute approximate surface area is 364 Å². The van der Waals surface area contributed by atoms with Crippen LogP contribution in [-0.4, -0.2) is 57.6 Å². The van der Waals surface area contributed by atoms with Gasteiger partial charge in [0, 0.05) is 42.9 Å². The van der Waals surface area contributed by atoms with Crippen molar-refractivity contribution < 1.29 is 38.4 Å². The van der Waals surface area contributed by atoms with Gasteiger partial charge in [0.25, 0.3) is 0 Å². The number of carbonyl (C=O) groups excluding carboxylic acids is 2. The Hall–Kier alpha value is -5.98. The number of carbonyl (C=O) groups is 3. The number of rotatable bonds is 12. The number of halogens is 2. The van der Waals surface area contributed by atoms with Crippen molar-refractivity contribution in [3.8, 4) is 28.7 Å². The van der Waals surface area contributed by atoms with Crippen LogP contribution in [0, 0.1) is 13.8 Å². The number of carboxylic acids is 1. The van der Waals surface area contributed by atoms with Crippen LogP contribution in [0.4, 0.5) is 4.79 Å². The van der Waals surface area contributed by atoms with Gasteiger partial charge in [-0.05, 0) is 109 Å². The average molecular weight is 866 g/mol. The van der Waals surface area contributed by atoms with Gasteiger partial charge < -0.3 is 39.6 Å². The highest BCUT2D eigenvalue weighted by atomic mass is 35.5. The number of carboxylic acid groups (broad SMARTS) is 1. The zero-order valence-corrected chi connectivity index (χ0v) is 35.3. The van der Waals surface area contributed by atoms with Crippen molar-refractivity contribution in [2.75, 3.05) is 6.61 Å². The van der Waals surface area contributed by atoms with Crippen LogP contribution in [-0.2, 0) is 35.6 Å². The smallest absolute Gasteiger partial charge is 0.326 e. The number of amides is 3. The molecule has 0 spiro atoms. The molecule has 1 saturated carbocycles. The zero-order chi connectivity index (χ0) is 42.6. The van der Waals surface area contributed by atoms with Gasteiger partial charge in [0.2, 0.25) is 5.91 Å². The van der Waals surface area contributed by atoms with E-state index in [0.717, 1.165) is 59.2 Å². The van der Waals surface area contributed by atoms with E-state index in [2.05, 4.69) is 15.6 Å². The van der Waals surface area contributed by atoms with E-state index in [0.29, 0.717) is 51.0 Å². The number of nitrogens with zero attached hydrogens (tertiary/aromatic N) is 2. The summed E-state index contributed by atoms with van der Waals surface area (Å²) in [5.41, 5.74) is 5.90. The highest BCUT2D eigenvalue weighted by Crippen LogP contribution is 2.41. The Bertz CT molecular complexity index is 2420. The van der Waals surface area contributed by atoms with E-state index in [-0.39, 0.29) is 38.1 Å². The molecule has 5 aromatic rings. The number of pyridine rings is 1. The second-order valence-corrected chi connectivity index (χ2v) is 16.6. The van der Waals surface area contributed by atoms with Crippen LogP contribution in [0.2, 0.25) is 10.0 Å². The van der Waals surface area contributed by atoms with E-state index in [9.17, 15) is 19.5 Å². The summed E-state index contributed by atoms with van der Waals surface area (Å²) in [4.78, 5) is 46.4. The summed E-state index contributed by atoms with van der Waals surface area (Å²) in [7, 11) is 0. The minimum atomic E-state index is -1.24. The third kappa shape index (κ3) is 9.82. The molecule has 1 unspecified atom stereocenters. The Morgan fingerprint density at radius 1 is 0.885 bits per heavy atom. The largest absolute Gasteiger partial charge is 0.489 e. The molecule has 12 nitrogen and oxygen atoms in total. The molecule has 3 N–H and O–H groups in total. The second-order valence-electron chi connectivity index (χ2n) is 15.7. The number of hydrogen-bond donors (Lipinski definition) is 3. The van der Waals surface area contributed by atoms with E-state index in [4.69, 9.17) is 42.1 Å². The summed E-state index contributed by atoms with van der Waals surface area (Å²) in [6, 6.07) is 23.0. The summed E-state index contributed by atoms with van der Waals surface area (Å²) < 4.78 is 24.7. The quantitative estimate of drug-likeness (QED) is 0.112. The number of hydrogen-bond acceptors (Lipinski definition) is 8. The third-order valence-electron chi connectivity index (χ3n) is 11.6. The molecule has 1 fully saturated rings. The van der Waals surface area contributed by atoms with Gasteiger partial charge in [0.15, 0.2) is 17.6 Å². The van der Waals surface area contributed by atoms with Gasteiger partial charge in [-0.1, -0.05) is 66.4 Å². The van der Waals surface area contributed by atoms with Crippen LogP contribution in [0.5, 0.6) is 28.7 Å². The summed E-state index contributed by atoms with van der Waals surface area (Å²) in [6.45, 7) is 4.55.